The van der Waals surface area contributed by atoms with Crippen LogP contribution in [0.5, 0.6) is 0 Å². The lowest BCUT2D eigenvalue weighted by Gasteiger charge is -2.37. The van der Waals surface area contributed by atoms with Crippen LogP contribution in [0.25, 0.3) is 0 Å². The average Bonchev–Trinajstić information content (AvgIpc) is 2.50. The lowest BCUT2D eigenvalue weighted by molar-refractivity contribution is -0.131. The summed E-state index contributed by atoms with van der Waals surface area (Å²) in [6.45, 7) is 6.30. The summed E-state index contributed by atoms with van der Waals surface area (Å²) in [4.78, 5) is 14.0. The first-order valence-electron chi connectivity index (χ1n) is 7.77. The van der Waals surface area contributed by atoms with Crippen LogP contribution in [-0.2, 0) is 26.9 Å². The van der Waals surface area contributed by atoms with Crippen molar-refractivity contribution in [2.24, 2.45) is 0 Å². The molecule has 0 bridgehead atoms. The Balaban J connectivity index is 1.65. The number of hydrogen-bond donors (Lipinski definition) is 0. The molecule has 1 unspecified atom stereocenters. The third-order valence-electron chi connectivity index (χ3n) is 3.88. The molecule has 1 aliphatic heterocycles. The first-order chi connectivity index (χ1) is 10.5. The van der Waals surface area contributed by atoms with Crippen LogP contribution >= 0.6 is 0 Å². The third kappa shape index (κ3) is 4.92. The lowest BCUT2D eigenvalue weighted by Crippen LogP contribution is -2.52. The summed E-state index contributed by atoms with van der Waals surface area (Å²) >= 11 is 0. The van der Waals surface area contributed by atoms with E-state index in [1.807, 2.05) is 49.1 Å². The summed E-state index contributed by atoms with van der Waals surface area (Å²) < 4.78 is 17.2. The number of benzene rings is 1. The Morgan fingerprint density at radius 3 is 2.73 bits per heavy atom. The smallest absolute Gasteiger partial charge is 0.222 e. The quantitative estimate of drug-likeness (QED) is 0.755. The van der Waals surface area contributed by atoms with Crippen LogP contribution < -0.4 is 0 Å². The second-order valence-electron chi connectivity index (χ2n) is 6.27. The van der Waals surface area contributed by atoms with Gasteiger partial charge in [0.05, 0.1) is 11.4 Å². The van der Waals surface area contributed by atoms with Gasteiger partial charge in [0.2, 0.25) is 5.91 Å². The zero-order valence-electron chi connectivity index (χ0n) is 13.4. The molecule has 2 rings (SSSR count). The Bertz CT molecular complexity index is 516. The minimum Gasteiger partial charge on any atom is -0.377 e. The number of rotatable bonds is 6. The molecular formula is C17H25NO3S. The van der Waals surface area contributed by atoms with Crippen molar-refractivity contribution in [2.75, 3.05) is 25.4 Å². The van der Waals surface area contributed by atoms with Gasteiger partial charge in [-0.25, -0.2) is 0 Å². The minimum absolute atomic E-state index is 0.146. The first kappa shape index (κ1) is 17.2. The van der Waals surface area contributed by atoms with Crippen LogP contribution in [0.15, 0.2) is 30.3 Å². The van der Waals surface area contributed by atoms with E-state index < -0.39 is 10.8 Å². The van der Waals surface area contributed by atoms with Gasteiger partial charge in [-0.1, -0.05) is 30.3 Å². The summed E-state index contributed by atoms with van der Waals surface area (Å²) in [5.74, 6) is 0.733. The molecule has 1 aromatic carbocycles. The SMILES string of the molecule is CC1(C)CN(C(=O)CCCOCc2ccccc2)CCS1=O. The van der Waals surface area contributed by atoms with E-state index >= 15 is 0 Å². The highest BCUT2D eigenvalue weighted by atomic mass is 32.2. The van der Waals surface area contributed by atoms with E-state index in [0.29, 0.717) is 38.5 Å². The van der Waals surface area contributed by atoms with Gasteiger partial charge in [0.1, 0.15) is 0 Å². The number of carbonyl (C=O) groups excluding carboxylic acids is 1. The molecule has 1 fully saturated rings. The predicted octanol–water partition coefficient (Wildman–Crippen LogP) is 2.35. The lowest BCUT2D eigenvalue weighted by atomic mass is 10.1. The zero-order valence-corrected chi connectivity index (χ0v) is 14.2. The standard InChI is InChI=1S/C17H25NO3S/c1-17(2)14-18(10-12-22(17)20)16(19)9-6-11-21-13-15-7-4-3-5-8-15/h3-5,7-8H,6,9-14H2,1-2H3. The number of amides is 1. The van der Waals surface area contributed by atoms with Crippen LogP contribution in [0.2, 0.25) is 0 Å². The van der Waals surface area contributed by atoms with Gasteiger partial charge in [-0.2, -0.15) is 0 Å². The Morgan fingerprint density at radius 2 is 2.05 bits per heavy atom. The summed E-state index contributed by atoms with van der Waals surface area (Å²) in [6, 6.07) is 10.0. The van der Waals surface area contributed by atoms with Crippen LogP contribution in [0.4, 0.5) is 0 Å². The molecular weight excluding hydrogens is 298 g/mol. The molecule has 0 aromatic heterocycles. The molecule has 4 nitrogen and oxygen atoms in total. The fourth-order valence-corrected chi connectivity index (χ4v) is 3.78. The van der Waals surface area contributed by atoms with Crippen molar-refractivity contribution in [1.29, 1.82) is 0 Å². The average molecular weight is 323 g/mol. The maximum Gasteiger partial charge on any atom is 0.222 e. The number of nitrogens with zero attached hydrogens (tertiary/aromatic N) is 1. The third-order valence-corrected chi connectivity index (χ3v) is 5.79. The molecule has 1 amide bonds. The summed E-state index contributed by atoms with van der Waals surface area (Å²) in [6.07, 6.45) is 1.23. The molecule has 1 aliphatic rings. The zero-order chi connectivity index (χ0) is 16.0. The van der Waals surface area contributed by atoms with Crippen molar-refractivity contribution in [3.8, 4) is 0 Å². The van der Waals surface area contributed by atoms with Gasteiger partial charge in [0.25, 0.3) is 0 Å². The van der Waals surface area contributed by atoms with E-state index in [0.717, 1.165) is 12.0 Å². The van der Waals surface area contributed by atoms with Crippen molar-refractivity contribution in [2.45, 2.75) is 38.0 Å². The number of ether oxygens (including phenoxy) is 1. The first-order valence-corrected chi connectivity index (χ1v) is 9.09. The Kier molecular flexibility index (Phi) is 6.15. The van der Waals surface area contributed by atoms with E-state index in [9.17, 15) is 9.00 Å². The van der Waals surface area contributed by atoms with Gasteiger partial charge in [0.15, 0.2) is 0 Å². The van der Waals surface area contributed by atoms with Crippen molar-refractivity contribution in [3.63, 3.8) is 0 Å². The van der Waals surface area contributed by atoms with Crippen LogP contribution in [0.1, 0.15) is 32.3 Å². The van der Waals surface area contributed by atoms with Crippen LogP contribution in [0, 0.1) is 0 Å². The molecule has 5 heteroatoms. The summed E-state index contributed by atoms with van der Waals surface area (Å²) in [5.41, 5.74) is 1.15. The van der Waals surface area contributed by atoms with Gasteiger partial charge in [-0.05, 0) is 25.8 Å². The molecule has 122 valence electrons. The normalized spacial score (nSPS) is 20.8. The summed E-state index contributed by atoms with van der Waals surface area (Å²) in [7, 11) is -0.836. The Labute approximate surface area is 135 Å². The second kappa shape index (κ2) is 7.88. The fourth-order valence-electron chi connectivity index (χ4n) is 2.54. The molecule has 1 aromatic rings. The molecule has 0 aliphatic carbocycles. The van der Waals surface area contributed by atoms with E-state index in [1.165, 1.54) is 0 Å². The fraction of sp³-hybridized carbons (Fsp3) is 0.588. The predicted molar refractivity (Wildman–Crippen MR) is 89.0 cm³/mol. The van der Waals surface area contributed by atoms with Crippen molar-refractivity contribution in [1.82, 2.24) is 4.90 Å². The molecule has 22 heavy (non-hydrogen) atoms. The molecule has 0 radical (unpaired) electrons. The second-order valence-corrected chi connectivity index (χ2v) is 8.47. The van der Waals surface area contributed by atoms with Gasteiger partial charge >= 0.3 is 0 Å². The molecule has 0 saturated carbocycles. The Hall–Kier alpha value is -1.20. The van der Waals surface area contributed by atoms with Gasteiger partial charge < -0.3 is 9.64 Å². The van der Waals surface area contributed by atoms with Gasteiger partial charge in [-0.15, -0.1) is 0 Å². The molecule has 1 heterocycles. The van der Waals surface area contributed by atoms with Crippen molar-refractivity contribution < 1.29 is 13.7 Å². The number of carbonyl (C=O) groups is 1. The molecule has 1 atom stereocenters. The molecule has 1 saturated heterocycles. The van der Waals surface area contributed by atoms with Gasteiger partial charge in [0, 0.05) is 42.7 Å². The van der Waals surface area contributed by atoms with E-state index in [-0.39, 0.29) is 10.7 Å². The van der Waals surface area contributed by atoms with Crippen LogP contribution in [-0.4, -0.2) is 45.2 Å². The van der Waals surface area contributed by atoms with E-state index in [4.69, 9.17) is 4.74 Å². The number of hydrogen-bond acceptors (Lipinski definition) is 3. The van der Waals surface area contributed by atoms with E-state index in [2.05, 4.69) is 0 Å². The highest BCUT2D eigenvalue weighted by Gasteiger charge is 2.34. The molecule has 0 spiro atoms. The molecule has 0 N–H and O–H groups in total. The van der Waals surface area contributed by atoms with Gasteiger partial charge in [-0.3, -0.25) is 9.00 Å². The maximum atomic E-state index is 12.2. The monoisotopic (exact) mass is 323 g/mol. The highest BCUT2D eigenvalue weighted by molar-refractivity contribution is 7.86. The van der Waals surface area contributed by atoms with Crippen molar-refractivity contribution in [3.05, 3.63) is 35.9 Å². The van der Waals surface area contributed by atoms with E-state index in [1.54, 1.807) is 0 Å². The summed E-state index contributed by atoms with van der Waals surface area (Å²) in [5, 5.41) is 0. The maximum absolute atomic E-state index is 12.2. The largest absolute Gasteiger partial charge is 0.377 e. The topological polar surface area (TPSA) is 46.6 Å². The van der Waals surface area contributed by atoms with Crippen molar-refractivity contribution >= 4 is 16.7 Å². The van der Waals surface area contributed by atoms with Crippen LogP contribution in [0.3, 0.4) is 0 Å². The minimum atomic E-state index is -0.836. The Morgan fingerprint density at radius 1 is 1.32 bits per heavy atom. The highest BCUT2D eigenvalue weighted by Crippen LogP contribution is 2.20.